The molecule has 0 saturated carbocycles. The Hall–Kier alpha value is -1.85. The Morgan fingerprint density at radius 3 is 2.75 bits per heavy atom. The average Bonchev–Trinajstić information content (AvgIpc) is 2.85. The topological polar surface area (TPSA) is 66.6 Å². The standard InChI is InChI=1S/C14H15ClN2O3/c1-17(7-6-14(18)19)9-12-8-13(16-20-12)10-2-4-11(15)5-3-10/h2-5,8H,6-7,9H2,1H3,(H,18,19). The first-order valence-corrected chi connectivity index (χ1v) is 6.54. The Morgan fingerprint density at radius 2 is 2.10 bits per heavy atom. The molecule has 1 aromatic carbocycles. The summed E-state index contributed by atoms with van der Waals surface area (Å²) >= 11 is 5.84. The van der Waals surface area contributed by atoms with Crippen LogP contribution in [0.3, 0.4) is 0 Å². The van der Waals surface area contributed by atoms with Crippen molar-refractivity contribution in [2.24, 2.45) is 0 Å². The molecule has 0 radical (unpaired) electrons. The summed E-state index contributed by atoms with van der Waals surface area (Å²) in [5, 5.41) is 13.3. The first kappa shape index (κ1) is 14.6. The molecule has 0 bridgehead atoms. The van der Waals surface area contributed by atoms with Crippen molar-refractivity contribution in [1.29, 1.82) is 0 Å². The summed E-state index contributed by atoms with van der Waals surface area (Å²) < 4.78 is 5.25. The predicted octanol–water partition coefficient (Wildman–Crippen LogP) is 2.90. The van der Waals surface area contributed by atoms with Crippen LogP contribution in [0.1, 0.15) is 12.2 Å². The highest BCUT2D eigenvalue weighted by atomic mass is 35.5. The zero-order valence-corrected chi connectivity index (χ0v) is 11.8. The zero-order chi connectivity index (χ0) is 14.5. The molecule has 0 saturated heterocycles. The van der Waals surface area contributed by atoms with E-state index in [1.165, 1.54) is 0 Å². The molecule has 2 aromatic rings. The van der Waals surface area contributed by atoms with Crippen molar-refractivity contribution in [2.45, 2.75) is 13.0 Å². The van der Waals surface area contributed by atoms with E-state index in [0.717, 1.165) is 11.3 Å². The van der Waals surface area contributed by atoms with E-state index < -0.39 is 5.97 Å². The number of rotatable bonds is 6. The summed E-state index contributed by atoms with van der Waals surface area (Å²) in [7, 11) is 1.84. The number of hydrogen-bond donors (Lipinski definition) is 1. The smallest absolute Gasteiger partial charge is 0.304 e. The van der Waals surface area contributed by atoms with E-state index in [0.29, 0.717) is 23.9 Å². The normalized spacial score (nSPS) is 10.9. The van der Waals surface area contributed by atoms with Gasteiger partial charge in [-0.3, -0.25) is 9.69 Å². The zero-order valence-electron chi connectivity index (χ0n) is 11.0. The summed E-state index contributed by atoms with van der Waals surface area (Å²) in [6.07, 6.45) is 0.106. The number of hydrogen-bond acceptors (Lipinski definition) is 4. The molecule has 0 amide bonds. The summed E-state index contributed by atoms with van der Waals surface area (Å²) in [5.74, 6) is -0.112. The van der Waals surface area contributed by atoms with E-state index in [4.69, 9.17) is 21.2 Å². The molecule has 1 aromatic heterocycles. The first-order valence-electron chi connectivity index (χ1n) is 6.16. The molecule has 0 aliphatic rings. The van der Waals surface area contributed by atoms with Gasteiger partial charge in [0.2, 0.25) is 0 Å². The van der Waals surface area contributed by atoms with Crippen LogP contribution in [0.2, 0.25) is 5.02 Å². The molecule has 0 atom stereocenters. The maximum atomic E-state index is 10.5. The third kappa shape index (κ3) is 4.08. The van der Waals surface area contributed by atoms with Crippen molar-refractivity contribution in [3.05, 3.63) is 41.1 Å². The average molecular weight is 295 g/mol. The molecule has 1 N–H and O–H groups in total. The monoisotopic (exact) mass is 294 g/mol. The van der Waals surface area contributed by atoms with Gasteiger partial charge in [-0.2, -0.15) is 0 Å². The van der Waals surface area contributed by atoms with Crippen LogP contribution in [0.25, 0.3) is 11.3 Å². The molecular weight excluding hydrogens is 280 g/mol. The van der Waals surface area contributed by atoms with Gasteiger partial charge in [0.25, 0.3) is 0 Å². The second-order valence-corrected chi connectivity index (χ2v) is 5.00. The molecule has 6 heteroatoms. The minimum atomic E-state index is -0.809. The molecule has 2 rings (SSSR count). The summed E-state index contributed by atoms with van der Waals surface area (Å²) in [6.45, 7) is 0.986. The van der Waals surface area contributed by atoms with Gasteiger partial charge in [0, 0.05) is 23.2 Å². The highest BCUT2D eigenvalue weighted by Gasteiger charge is 2.10. The van der Waals surface area contributed by atoms with E-state index in [9.17, 15) is 4.79 Å². The molecule has 5 nitrogen and oxygen atoms in total. The van der Waals surface area contributed by atoms with Crippen LogP contribution in [0.5, 0.6) is 0 Å². The van der Waals surface area contributed by atoms with Gasteiger partial charge < -0.3 is 9.63 Å². The molecule has 0 spiro atoms. The maximum absolute atomic E-state index is 10.5. The van der Waals surface area contributed by atoms with E-state index in [1.807, 2.05) is 30.1 Å². The number of carboxylic acid groups (broad SMARTS) is 1. The van der Waals surface area contributed by atoms with Crippen LogP contribution in [0, 0.1) is 0 Å². The Kier molecular flexibility index (Phi) is 4.76. The van der Waals surface area contributed by atoms with Crippen molar-refractivity contribution < 1.29 is 14.4 Å². The molecule has 0 fully saturated rings. The Balaban J connectivity index is 1.98. The maximum Gasteiger partial charge on any atom is 0.304 e. The quantitative estimate of drug-likeness (QED) is 0.887. The molecule has 106 valence electrons. The summed E-state index contributed by atoms with van der Waals surface area (Å²) in [5.41, 5.74) is 1.67. The van der Waals surface area contributed by atoms with Crippen molar-refractivity contribution in [3.63, 3.8) is 0 Å². The van der Waals surface area contributed by atoms with Crippen molar-refractivity contribution in [3.8, 4) is 11.3 Å². The van der Waals surface area contributed by atoms with E-state index in [-0.39, 0.29) is 6.42 Å². The minimum Gasteiger partial charge on any atom is -0.481 e. The fourth-order valence-electron chi connectivity index (χ4n) is 1.78. The van der Waals surface area contributed by atoms with Crippen LogP contribution in [0.4, 0.5) is 0 Å². The third-order valence-electron chi connectivity index (χ3n) is 2.83. The number of benzene rings is 1. The van der Waals surface area contributed by atoms with Gasteiger partial charge in [0.05, 0.1) is 13.0 Å². The Labute approximate surface area is 121 Å². The molecule has 20 heavy (non-hydrogen) atoms. The fourth-order valence-corrected chi connectivity index (χ4v) is 1.90. The number of aromatic nitrogens is 1. The van der Waals surface area contributed by atoms with Crippen LogP contribution < -0.4 is 0 Å². The van der Waals surface area contributed by atoms with Gasteiger partial charge >= 0.3 is 5.97 Å². The van der Waals surface area contributed by atoms with Gasteiger partial charge in [-0.05, 0) is 19.2 Å². The van der Waals surface area contributed by atoms with Gasteiger partial charge in [0.1, 0.15) is 5.69 Å². The molecule has 0 unspecified atom stereocenters. The summed E-state index contributed by atoms with van der Waals surface area (Å²) in [4.78, 5) is 12.4. The second-order valence-electron chi connectivity index (χ2n) is 4.57. The molecule has 0 aliphatic carbocycles. The van der Waals surface area contributed by atoms with Crippen molar-refractivity contribution in [2.75, 3.05) is 13.6 Å². The molecule has 0 aliphatic heterocycles. The van der Waals surface area contributed by atoms with Crippen LogP contribution >= 0.6 is 11.6 Å². The largest absolute Gasteiger partial charge is 0.481 e. The lowest BCUT2D eigenvalue weighted by Gasteiger charge is -2.12. The minimum absolute atomic E-state index is 0.106. The lowest BCUT2D eigenvalue weighted by atomic mass is 10.1. The van der Waals surface area contributed by atoms with Gasteiger partial charge in [-0.25, -0.2) is 0 Å². The van der Waals surface area contributed by atoms with Gasteiger partial charge in [0.15, 0.2) is 5.76 Å². The lowest BCUT2D eigenvalue weighted by molar-refractivity contribution is -0.137. The number of aliphatic carboxylic acids is 1. The van der Waals surface area contributed by atoms with Gasteiger partial charge in [-0.1, -0.05) is 28.9 Å². The molecule has 1 heterocycles. The van der Waals surface area contributed by atoms with Crippen molar-refractivity contribution >= 4 is 17.6 Å². The highest BCUT2D eigenvalue weighted by molar-refractivity contribution is 6.30. The Morgan fingerprint density at radius 1 is 1.40 bits per heavy atom. The van der Waals surface area contributed by atoms with Crippen LogP contribution in [-0.4, -0.2) is 34.7 Å². The lowest BCUT2D eigenvalue weighted by Crippen LogP contribution is -2.20. The number of carboxylic acids is 1. The number of carbonyl (C=O) groups is 1. The van der Waals surface area contributed by atoms with E-state index in [1.54, 1.807) is 12.1 Å². The first-order chi connectivity index (χ1) is 9.54. The summed E-state index contributed by atoms with van der Waals surface area (Å²) in [6, 6.07) is 9.19. The van der Waals surface area contributed by atoms with Crippen molar-refractivity contribution in [1.82, 2.24) is 10.1 Å². The van der Waals surface area contributed by atoms with Crippen LogP contribution in [0.15, 0.2) is 34.9 Å². The fraction of sp³-hybridized carbons (Fsp3) is 0.286. The van der Waals surface area contributed by atoms with Gasteiger partial charge in [-0.15, -0.1) is 0 Å². The Bertz CT molecular complexity index is 580. The SMILES string of the molecule is CN(CCC(=O)O)Cc1cc(-c2ccc(Cl)cc2)no1. The number of nitrogens with zero attached hydrogens (tertiary/aromatic N) is 2. The third-order valence-corrected chi connectivity index (χ3v) is 3.08. The second kappa shape index (κ2) is 6.54. The molecular formula is C14H15ClN2O3. The van der Waals surface area contributed by atoms with E-state index >= 15 is 0 Å². The number of halogens is 1. The predicted molar refractivity (Wildman–Crippen MR) is 75.5 cm³/mol. The van der Waals surface area contributed by atoms with E-state index in [2.05, 4.69) is 5.16 Å². The van der Waals surface area contributed by atoms with Crippen LogP contribution in [-0.2, 0) is 11.3 Å². The highest BCUT2D eigenvalue weighted by Crippen LogP contribution is 2.21.